The number of rotatable bonds is 8. The Labute approximate surface area is 165 Å². The van der Waals surface area contributed by atoms with Crippen LogP contribution in [0.4, 0.5) is 15.8 Å². The summed E-state index contributed by atoms with van der Waals surface area (Å²) in [5.74, 6) is -0.484. The van der Waals surface area contributed by atoms with Crippen LogP contribution in [0.15, 0.2) is 18.2 Å². The third-order valence-electron chi connectivity index (χ3n) is 4.22. The Morgan fingerprint density at radius 3 is 2.57 bits per heavy atom. The second-order valence-electron chi connectivity index (χ2n) is 7.34. The van der Waals surface area contributed by atoms with Crippen LogP contribution >= 0.6 is 0 Å². The fourth-order valence-electron chi connectivity index (χ4n) is 2.96. The van der Waals surface area contributed by atoms with E-state index in [1.807, 2.05) is 18.5 Å². The molecule has 1 aromatic heterocycles. The number of carbonyl (C=O) groups is 1. The number of hydrogen-bond acceptors (Lipinski definition) is 4. The molecular weight excluding hydrogens is 383 g/mol. The van der Waals surface area contributed by atoms with Crippen molar-refractivity contribution in [2.24, 2.45) is 5.92 Å². The van der Waals surface area contributed by atoms with Crippen molar-refractivity contribution in [1.29, 1.82) is 0 Å². The van der Waals surface area contributed by atoms with Gasteiger partial charge in [0.25, 0.3) is 0 Å². The number of aromatic nitrogens is 2. The normalized spacial score (nSPS) is 11.7. The minimum atomic E-state index is -3.62. The molecule has 0 atom stereocenters. The van der Waals surface area contributed by atoms with E-state index in [-0.39, 0.29) is 18.0 Å². The summed E-state index contributed by atoms with van der Waals surface area (Å²) in [4.78, 5) is 12.3. The largest absolute Gasteiger partial charge is 0.326 e. The number of sulfonamides is 1. The molecule has 28 heavy (non-hydrogen) atoms. The van der Waals surface area contributed by atoms with Gasteiger partial charge >= 0.3 is 0 Å². The third kappa shape index (κ3) is 6.05. The standard InChI is InChI=1S/C19H27FN4O3S/c1-12(2)11-24-14(4)16(13(3)22-24)7-9-19(25)21-15-6-8-17(20)18(10-15)23-28(5,26)27/h6,8,10,12,23H,7,9,11H2,1-5H3,(H,21,25). The van der Waals surface area contributed by atoms with Gasteiger partial charge in [0, 0.05) is 24.3 Å². The molecule has 0 aliphatic rings. The topological polar surface area (TPSA) is 93.1 Å². The van der Waals surface area contributed by atoms with Crippen molar-refractivity contribution in [3.8, 4) is 0 Å². The van der Waals surface area contributed by atoms with Crippen LogP contribution in [0.2, 0.25) is 0 Å². The van der Waals surface area contributed by atoms with E-state index in [2.05, 4.69) is 29.0 Å². The summed E-state index contributed by atoms with van der Waals surface area (Å²) >= 11 is 0. The average molecular weight is 411 g/mol. The van der Waals surface area contributed by atoms with Crippen molar-refractivity contribution in [3.05, 3.63) is 41.0 Å². The maximum atomic E-state index is 13.7. The maximum Gasteiger partial charge on any atom is 0.229 e. The quantitative estimate of drug-likeness (QED) is 0.699. The van der Waals surface area contributed by atoms with Crippen molar-refractivity contribution in [3.63, 3.8) is 0 Å². The number of benzene rings is 1. The van der Waals surface area contributed by atoms with E-state index in [0.717, 1.165) is 35.8 Å². The molecule has 1 heterocycles. The van der Waals surface area contributed by atoms with Crippen molar-refractivity contribution in [1.82, 2.24) is 9.78 Å². The van der Waals surface area contributed by atoms with E-state index in [4.69, 9.17) is 0 Å². The minimum Gasteiger partial charge on any atom is -0.326 e. The molecule has 0 bridgehead atoms. The lowest BCUT2D eigenvalue weighted by molar-refractivity contribution is -0.116. The van der Waals surface area contributed by atoms with E-state index >= 15 is 0 Å². The molecule has 0 saturated heterocycles. The Balaban J connectivity index is 2.04. The average Bonchev–Trinajstić information content (AvgIpc) is 2.80. The van der Waals surface area contributed by atoms with Crippen molar-refractivity contribution < 1.29 is 17.6 Å². The summed E-state index contributed by atoms with van der Waals surface area (Å²) in [7, 11) is -3.62. The van der Waals surface area contributed by atoms with Crippen LogP contribution in [-0.2, 0) is 27.8 Å². The molecule has 0 spiro atoms. The molecule has 2 N–H and O–H groups in total. The molecule has 9 heteroatoms. The summed E-state index contributed by atoms with van der Waals surface area (Å²) in [5.41, 5.74) is 3.13. The van der Waals surface area contributed by atoms with Gasteiger partial charge in [0.2, 0.25) is 15.9 Å². The summed E-state index contributed by atoms with van der Waals surface area (Å²) < 4.78 is 40.4. The Morgan fingerprint density at radius 2 is 1.96 bits per heavy atom. The first-order valence-corrected chi connectivity index (χ1v) is 11.0. The minimum absolute atomic E-state index is 0.207. The Bertz CT molecular complexity index is 968. The van der Waals surface area contributed by atoms with Crippen LogP contribution in [0, 0.1) is 25.6 Å². The lowest BCUT2D eigenvalue weighted by atomic mass is 10.1. The van der Waals surface area contributed by atoms with E-state index in [0.29, 0.717) is 18.0 Å². The van der Waals surface area contributed by atoms with Gasteiger partial charge in [0.15, 0.2) is 0 Å². The predicted octanol–water partition coefficient (Wildman–Crippen LogP) is 3.24. The first kappa shape index (κ1) is 21.9. The smallest absolute Gasteiger partial charge is 0.229 e. The molecule has 1 amide bonds. The number of hydrogen-bond donors (Lipinski definition) is 2. The van der Waals surface area contributed by atoms with Crippen LogP contribution < -0.4 is 10.0 Å². The molecule has 0 aliphatic carbocycles. The summed E-state index contributed by atoms with van der Waals surface area (Å²) in [6.45, 7) is 9.00. The molecule has 154 valence electrons. The van der Waals surface area contributed by atoms with Crippen molar-refractivity contribution in [2.75, 3.05) is 16.3 Å². The van der Waals surface area contributed by atoms with Crippen LogP contribution in [0.5, 0.6) is 0 Å². The van der Waals surface area contributed by atoms with Crippen LogP contribution in [0.3, 0.4) is 0 Å². The first-order chi connectivity index (χ1) is 13.0. The molecule has 0 saturated carbocycles. The molecular formula is C19H27FN4O3S. The number of aryl methyl sites for hydroxylation is 1. The van der Waals surface area contributed by atoms with Crippen LogP contribution in [0.1, 0.15) is 37.2 Å². The summed E-state index contributed by atoms with van der Waals surface area (Å²) in [5, 5.41) is 7.22. The van der Waals surface area contributed by atoms with Gasteiger partial charge in [-0.05, 0) is 49.9 Å². The Morgan fingerprint density at radius 1 is 1.29 bits per heavy atom. The highest BCUT2D eigenvalue weighted by Crippen LogP contribution is 2.21. The number of amides is 1. The van der Waals surface area contributed by atoms with E-state index < -0.39 is 15.8 Å². The highest BCUT2D eigenvalue weighted by Gasteiger charge is 2.15. The van der Waals surface area contributed by atoms with E-state index in [1.165, 1.54) is 12.1 Å². The van der Waals surface area contributed by atoms with E-state index in [1.54, 1.807) is 0 Å². The fraction of sp³-hybridized carbons (Fsp3) is 0.474. The molecule has 0 unspecified atom stereocenters. The molecule has 0 radical (unpaired) electrons. The summed E-state index contributed by atoms with van der Waals surface area (Å²) in [6.07, 6.45) is 1.71. The zero-order valence-corrected chi connectivity index (χ0v) is 17.7. The number of halogens is 1. The van der Waals surface area contributed by atoms with Gasteiger partial charge in [-0.15, -0.1) is 0 Å². The van der Waals surface area contributed by atoms with Gasteiger partial charge in [-0.25, -0.2) is 12.8 Å². The SMILES string of the molecule is Cc1nn(CC(C)C)c(C)c1CCC(=O)Nc1ccc(F)c(NS(C)(=O)=O)c1. The molecule has 2 rings (SSSR count). The molecule has 7 nitrogen and oxygen atoms in total. The third-order valence-corrected chi connectivity index (χ3v) is 4.81. The first-order valence-electron chi connectivity index (χ1n) is 9.06. The van der Waals surface area contributed by atoms with Crippen molar-refractivity contribution in [2.45, 2.75) is 47.1 Å². The summed E-state index contributed by atoms with van der Waals surface area (Å²) in [6, 6.07) is 3.75. The van der Waals surface area contributed by atoms with Gasteiger partial charge in [-0.1, -0.05) is 13.8 Å². The van der Waals surface area contributed by atoms with Gasteiger partial charge in [-0.2, -0.15) is 5.10 Å². The zero-order valence-electron chi connectivity index (χ0n) is 16.8. The lowest BCUT2D eigenvalue weighted by Gasteiger charge is -2.10. The Kier molecular flexibility index (Phi) is 6.82. The maximum absolute atomic E-state index is 13.7. The van der Waals surface area contributed by atoms with Crippen LogP contribution in [0.25, 0.3) is 0 Å². The molecule has 0 fully saturated rings. The van der Waals surface area contributed by atoms with E-state index in [9.17, 15) is 17.6 Å². The van der Waals surface area contributed by atoms with Gasteiger partial charge in [0.05, 0.1) is 17.6 Å². The highest BCUT2D eigenvalue weighted by atomic mass is 32.2. The zero-order chi connectivity index (χ0) is 21.1. The highest BCUT2D eigenvalue weighted by molar-refractivity contribution is 7.92. The lowest BCUT2D eigenvalue weighted by Crippen LogP contribution is -2.14. The predicted molar refractivity (Wildman–Crippen MR) is 108 cm³/mol. The molecule has 1 aromatic carbocycles. The fourth-order valence-corrected chi connectivity index (χ4v) is 3.52. The number of nitrogens with zero attached hydrogens (tertiary/aromatic N) is 2. The van der Waals surface area contributed by atoms with Gasteiger partial charge < -0.3 is 5.32 Å². The second-order valence-corrected chi connectivity index (χ2v) is 9.09. The number of carbonyl (C=O) groups excluding carboxylic acids is 1. The Hall–Kier alpha value is -2.42. The molecule has 0 aliphatic heterocycles. The molecule has 2 aromatic rings. The van der Waals surface area contributed by atoms with Crippen LogP contribution in [-0.4, -0.2) is 30.4 Å². The van der Waals surface area contributed by atoms with Gasteiger partial charge in [0.1, 0.15) is 5.82 Å². The number of nitrogens with one attached hydrogen (secondary N) is 2. The van der Waals surface area contributed by atoms with Gasteiger partial charge in [-0.3, -0.25) is 14.2 Å². The second kappa shape index (κ2) is 8.72. The van der Waals surface area contributed by atoms with Crippen molar-refractivity contribution >= 4 is 27.3 Å². The number of anilines is 2. The monoisotopic (exact) mass is 410 g/mol.